The van der Waals surface area contributed by atoms with Gasteiger partial charge in [-0.1, -0.05) is 19.1 Å². The van der Waals surface area contributed by atoms with Crippen LogP contribution in [0.1, 0.15) is 39.8 Å². The molecule has 1 heterocycles. The Bertz CT molecular complexity index is 616. The van der Waals surface area contributed by atoms with Gasteiger partial charge >= 0.3 is 0 Å². The molecular formula is C14H12O4. The lowest BCUT2D eigenvalue weighted by Crippen LogP contribution is -2.26. The summed E-state index contributed by atoms with van der Waals surface area (Å²) in [5, 5.41) is 9.19. The van der Waals surface area contributed by atoms with Gasteiger partial charge in [-0.05, 0) is 6.42 Å². The number of allylic oxidation sites excluding steroid dienone is 4. The molecule has 0 aliphatic heterocycles. The first-order chi connectivity index (χ1) is 8.65. The zero-order valence-corrected chi connectivity index (χ0v) is 9.90. The highest BCUT2D eigenvalue weighted by Gasteiger charge is 2.38. The molecule has 0 saturated carbocycles. The van der Waals surface area contributed by atoms with Gasteiger partial charge in [-0.2, -0.15) is 0 Å². The van der Waals surface area contributed by atoms with Crippen molar-refractivity contribution in [1.82, 2.24) is 0 Å². The van der Waals surface area contributed by atoms with Crippen LogP contribution in [0.3, 0.4) is 0 Å². The van der Waals surface area contributed by atoms with Gasteiger partial charge in [-0.25, -0.2) is 0 Å². The maximum absolute atomic E-state index is 12.4. The fraction of sp³-hybridized carbons (Fsp3) is 0.286. The summed E-state index contributed by atoms with van der Waals surface area (Å²) in [5.74, 6) is -0.408. The van der Waals surface area contributed by atoms with Crippen molar-refractivity contribution in [3.63, 3.8) is 0 Å². The average molecular weight is 244 g/mol. The predicted molar refractivity (Wildman–Crippen MR) is 63.2 cm³/mol. The van der Waals surface area contributed by atoms with E-state index in [4.69, 9.17) is 4.42 Å². The van der Waals surface area contributed by atoms with E-state index in [2.05, 4.69) is 0 Å². The number of carbonyl (C=O) groups is 2. The maximum Gasteiger partial charge on any atom is 0.225 e. The lowest BCUT2D eigenvalue weighted by Gasteiger charge is -2.23. The molecule has 0 radical (unpaired) electrons. The van der Waals surface area contributed by atoms with Crippen LogP contribution in [0.15, 0.2) is 34.0 Å². The highest BCUT2D eigenvalue weighted by atomic mass is 16.3. The van der Waals surface area contributed by atoms with Gasteiger partial charge in [0, 0.05) is 22.6 Å². The number of carbonyl (C=O) groups excluding carboxylic acids is 2. The second kappa shape index (κ2) is 3.78. The zero-order chi connectivity index (χ0) is 12.9. The molecule has 0 aromatic carbocycles. The second-order valence-electron chi connectivity index (χ2n) is 4.59. The Balaban J connectivity index is 2.22. The van der Waals surface area contributed by atoms with Gasteiger partial charge in [-0.15, -0.1) is 0 Å². The van der Waals surface area contributed by atoms with Crippen LogP contribution in [0.5, 0.6) is 0 Å². The normalized spacial score (nSPS) is 22.2. The Kier molecular flexibility index (Phi) is 2.35. The standard InChI is InChI=1S/C14H12O4/c1-7-3-2-4-9-10(7)13(17)11-8(5-15)6-18-14(11)12(9)16/h2-3,6-7,15H,4-5H2,1H3. The third-order valence-electron chi connectivity index (χ3n) is 3.52. The molecule has 3 rings (SSSR count). The molecule has 2 aliphatic rings. The van der Waals surface area contributed by atoms with Crippen LogP contribution in [0.2, 0.25) is 0 Å². The van der Waals surface area contributed by atoms with Crippen LogP contribution in [0.4, 0.5) is 0 Å². The van der Waals surface area contributed by atoms with Crippen molar-refractivity contribution in [2.75, 3.05) is 0 Å². The van der Waals surface area contributed by atoms with Gasteiger partial charge < -0.3 is 9.52 Å². The van der Waals surface area contributed by atoms with Crippen molar-refractivity contribution >= 4 is 11.6 Å². The number of rotatable bonds is 1. The number of hydrogen-bond acceptors (Lipinski definition) is 4. The number of Topliss-reactive ketones (excluding diaryl/α,β-unsaturated/α-hetero) is 2. The summed E-state index contributed by atoms with van der Waals surface area (Å²) in [5.41, 5.74) is 1.70. The molecule has 92 valence electrons. The molecule has 0 fully saturated rings. The van der Waals surface area contributed by atoms with Crippen LogP contribution >= 0.6 is 0 Å². The molecule has 1 N–H and O–H groups in total. The van der Waals surface area contributed by atoms with E-state index in [-0.39, 0.29) is 35.4 Å². The molecule has 0 bridgehead atoms. The van der Waals surface area contributed by atoms with Crippen molar-refractivity contribution in [2.45, 2.75) is 20.0 Å². The van der Waals surface area contributed by atoms with Crippen molar-refractivity contribution in [3.8, 4) is 0 Å². The number of ketones is 2. The molecule has 1 aromatic rings. The van der Waals surface area contributed by atoms with E-state index in [9.17, 15) is 14.7 Å². The van der Waals surface area contributed by atoms with Crippen molar-refractivity contribution in [2.24, 2.45) is 5.92 Å². The number of fused-ring (bicyclic) bond motifs is 1. The minimum Gasteiger partial charge on any atom is -0.460 e. The molecule has 4 nitrogen and oxygen atoms in total. The summed E-state index contributed by atoms with van der Waals surface area (Å²) in [4.78, 5) is 24.7. The zero-order valence-electron chi connectivity index (χ0n) is 9.90. The number of furan rings is 1. The Morgan fingerprint density at radius 1 is 1.39 bits per heavy atom. The topological polar surface area (TPSA) is 67.5 Å². The summed E-state index contributed by atoms with van der Waals surface area (Å²) < 4.78 is 5.16. The molecule has 0 saturated heterocycles. The summed E-state index contributed by atoms with van der Waals surface area (Å²) in [7, 11) is 0. The molecule has 2 aliphatic carbocycles. The van der Waals surface area contributed by atoms with Gasteiger partial charge in [-0.3, -0.25) is 9.59 Å². The van der Waals surface area contributed by atoms with E-state index < -0.39 is 0 Å². The minimum atomic E-state index is -0.301. The van der Waals surface area contributed by atoms with Gasteiger partial charge in [0.25, 0.3) is 0 Å². The van der Waals surface area contributed by atoms with Crippen LogP contribution in [-0.2, 0) is 6.61 Å². The van der Waals surface area contributed by atoms with Crippen molar-refractivity contribution in [3.05, 3.63) is 46.4 Å². The van der Waals surface area contributed by atoms with Crippen LogP contribution in [-0.4, -0.2) is 16.7 Å². The summed E-state index contributed by atoms with van der Waals surface area (Å²) in [6.45, 7) is 1.59. The monoisotopic (exact) mass is 244 g/mol. The summed E-state index contributed by atoms with van der Waals surface area (Å²) in [6.07, 6.45) is 5.58. The van der Waals surface area contributed by atoms with Crippen molar-refractivity contribution in [1.29, 1.82) is 0 Å². The molecule has 0 spiro atoms. The molecule has 1 atom stereocenters. The molecular weight excluding hydrogens is 232 g/mol. The molecule has 1 aromatic heterocycles. The minimum absolute atomic E-state index is 0.0696. The van der Waals surface area contributed by atoms with E-state index >= 15 is 0 Å². The lowest BCUT2D eigenvalue weighted by molar-refractivity contribution is 0.0946. The van der Waals surface area contributed by atoms with E-state index in [1.165, 1.54) is 6.26 Å². The van der Waals surface area contributed by atoms with E-state index in [1.807, 2.05) is 19.1 Å². The molecule has 0 amide bonds. The highest BCUT2D eigenvalue weighted by Crippen LogP contribution is 2.37. The van der Waals surface area contributed by atoms with Gasteiger partial charge in [0.15, 0.2) is 11.5 Å². The number of aliphatic hydroxyl groups excluding tert-OH is 1. The Morgan fingerprint density at radius 2 is 2.17 bits per heavy atom. The smallest absolute Gasteiger partial charge is 0.225 e. The van der Waals surface area contributed by atoms with E-state index in [0.29, 0.717) is 23.1 Å². The summed E-state index contributed by atoms with van der Waals surface area (Å²) in [6, 6.07) is 0. The second-order valence-corrected chi connectivity index (χ2v) is 4.59. The van der Waals surface area contributed by atoms with Crippen LogP contribution in [0, 0.1) is 5.92 Å². The number of hydrogen-bond donors (Lipinski definition) is 1. The third kappa shape index (κ3) is 1.29. The Hall–Kier alpha value is -1.94. The Labute approximate surface area is 104 Å². The first-order valence-corrected chi connectivity index (χ1v) is 5.85. The van der Waals surface area contributed by atoms with Gasteiger partial charge in [0.1, 0.15) is 0 Å². The van der Waals surface area contributed by atoms with Gasteiger partial charge in [0.05, 0.1) is 18.4 Å². The van der Waals surface area contributed by atoms with Crippen molar-refractivity contribution < 1.29 is 19.1 Å². The molecule has 4 heteroatoms. The third-order valence-corrected chi connectivity index (χ3v) is 3.52. The largest absolute Gasteiger partial charge is 0.460 e. The Morgan fingerprint density at radius 3 is 2.89 bits per heavy atom. The lowest BCUT2D eigenvalue weighted by atomic mass is 9.77. The SMILES string of the molecule is CC1C=CCC2=C1C(=O)c1c(CO)coc1C2=O. The van der Waals surface area contributed by atoms with Crippen LogP contribution in [0.25, 0.3) is 0 Å². The van der Waals surface area contributed by atoms with E-state index in [1.54, 1.807) is 0 Å². The molecule has 1 unspecified atom stereocenters. The average Bonchev–Trinajstić information content (AvgIpc) is 2.80. The summed E-state index contributed by atoms with van der Waals surface area (Å²) >= 11 is 0. The predicted octanol–water partition coefficient (Wildman–Crippen LogP) is 2.04. The fourth-order valence-corrected chi connectivity index (χ4v) is 2.63. The highest BCUT2D eigenvalue weighted by molar-refractivity contribution is 6.26. The first kappa shape index (κ1) is 11.2. The fourth-order valence-electron chi connectivity index (χ4n) is 2.63. The van der Waals surface area contributed by atoms with Crippen LogP contribution < -0.4 is 0 Å². The van der Waals surface area contributed by atoms with E-state index in [0.717, 1.165) is 0 Å². The quantitative estimate of drug-likeness (QED) is 0.767. The van der Waals surface area contributed by atoms with Gasteiger partial charge in [0.2, 0.25) is 5.78 Å². The maximum atomic E-state index is 12.4. The first-order valence-electron chi connectivity index (χ1n) is 5.85. The molecule has 18 heavy (non-hydrogen) atoms. The number of aliphatic hydroxyl groups is 1.